The van der Waals surface area contributed by atoms with E-state index in [0.29, 0.717) is 6.42 Å². The second-order valence-corrected chi connectivity index (χ2v) is 4.53. The van der Waals surface area contributed by atoms with E-state index >= 15 is 0 Å². The van der Waals surface area contributed by atoms with E-state index in [4.69, 9.17) is 9.52 Å². The van der Waals surface area contributed by atoms with E-state index in [0.717, 1.165) is 5.56 Å². The number of carbonyl (C=O) groups excluding carboxylic acids is 1. The van der Waals surface area contributed by atoms with Crippen molar-refractivity contribution in [3.63, 3.8) is 0 Å². The van der Waals surface area contributed by atoms with E-state index in [1.54, 1.807) is 0 Å². The van der Waals surface area contributed by atoms with E-state index in [-0.39, 0.29) is 17.6 Å². The van der Waals surface area contributed by atoms with Gasteiger partial charge in [-0.25, -0.2) is 4.79 Å². The number of hydrogen-bond donors (Lipinski definition) is 2. The summed E-state index contributed by atoms with van der Waals surface area (Å²) in [5.74, 6) is -1.85. The van der Waals surface area contributed by atoms with Gasteiger partial charge in [-0.15, -0.1) is 0 Å². The Balaban J connectivity index is 1.95. The first kappa shape index (κ1) is 13.9. The number of carbonyl (C=O) groups is 2. The molecule has 1 unspecified atom stereocenters. The quantitative estimate of drug-likeness (QED) is 0.876. The number of hydrogen-bond acceptors (Lipinski definition) is 3. The van der Waals surface area contributed by atoms with Gasteiger partial charge < -0.3 is 14.8 Å². The molecule has 1 aromatic heterocycles. The van der Waals surface area contributed by atoms with E-state index in [1.165, 1.54) is 12.1 Å². The van der Waals surface area contributed by atoms with Crippen LogP contribution in [0.15, 0.2) is 46.9 Å². The fourth-order valence-electron chi connectivity index (χ4n) is 1.89. The molecule has 5 heteroatoms. The Morgan fingerprint density at radius 3 is 2.40 bits per heavy atom. The lowest BCUT2D eigenvalue weighted by atomic mass is 10.1. The van der Waals surface area contributed by atoms with Gasteiger partial charge in [0.15, 0.2) is 5.76 Å². The lowest BCUT2D eigenvalue weighted by Gasteiger charge is -2.12. The highest BCUT2D eigenvalue weighted by molar-refractivity contribution is 5.93. The van der Waals surface area contributed by atoms with Gasteiger partial charge in [0.1, 0.15) is 0 Å². The zero-order valence-electron chi connectivity index (χ0n) is 11.0. The molecule has 1 aromatic carbocycles. The highest BCUT2D eigenvalue weighted by Gasteiger charge is 2.16. The summed E-state index contributed by atoms with van der Waals surface area (Å²) in [6, 6.07) is 12.3. The van der Waals surface area contributed by atoms with Crippen molar-refractivity contribution < 1.29 is 19.1 Å². The van der Waals surface area contributed by atoms with Crippen molar-refractivity contribution in [3.8, 4) is 0 Å². The third-order valence-electron chi connectivity index (χ3n) is 2.80. The Labute approximate surface area is 116 Å². The fourth-order valence-corrected chi connectivity index (χ4v) is 1.89. The van der Waals surface area contributed by atoms with Gasteiger partial charge in [-0.1, -0.05) is 30.3 Å². The molecule has 0 bridgehead atoms. The first-order chi connectivity index (χ1) is 9.56. The molecule has 0 saturated heterocycles. The zero-order valence-corrected chi connectivity index (χ0v) is 11.0. The molecule has 0 fully saturated rings. The molecule has 0 aliphatic rings. The highest BCUT2D eigenvalue weighted by Crippen LogP contribution is 2.09. The molecule has 2 N–H and O–H groups in total. The first-order valence-electron chi connectivity index (χ1n) is 6.24. The molecule has 1 heterocycles. The maximum atomic E-state index is 11.9. The third-order valence-corrected chi connectivity index (χ3v) is 2.80. The van der Waals surface area contributed by atoms with Crippen molar-refractivity contribution >= 4 is 11.9 Å². The lowest BCUT2D eigenvalue weighted by molar-refractivity contribution is 0.0659. The lowest BCUT2D eigenvalue weighted by Crippen LogP contribution is -2.33. The van der Waals surface area contributed by atoms with Crippen LogP contribution in [-0.2, 0) is 6.42 Å². The minimum absolute atomic E-state index is 0.00214. The fraction of sp³-hybridized carbons (Fsp3) is 0.200. The second kappa shape index (κ2) is 6.06. The Morgan fingerprint density at radius 1 is 1.15 bits per heavy atom. The average molecular weight is 273 g/mol. The molecule has 0 aliphatic heterocycles. The van der Waals surface area contributed by atoms with E-state index in [2.05, 4.69) is 5.32 Å². The topological polar surface area (TPSA) is 79.5 Å². The smallest absolute Gasteiger partial charge is 0.371 e. The molecule has 104 valence electrons. The van der Waals surface area contributed by atoms with E-state index < -0.39 is 11.9 Å². The maximum Gasteiger partial charge on any atom is 0.371 e. The molecule has 0 saturated carbocycles. The van der Waals surface area contributed by atoms with Crippen LogP contribution in [0, 0.1) is 0 Å². The van der Waals surface area contributed by atoms with Crippen LogP contribution < -0.4 is 5.32 Å². The summed E-state index contributed by atoms with van der Waals surface area (Å²) < 4.78 is 4.95. The number of benzene rings is 1. The number of amides is 1. The normalized spacial score (nSPS) is 11.8. The van der Waals surface area contributed by atoms with Crippen LogP contribution >= 0.6 is 0 Å². The van der Waals surface area contributed by atoms with Crippen LogP contribution in [0.5, 0.6) is 0 Å². The van der Waals surface area contributed by atoms with E-state index in [9.17, 15) is 9.59 Å². The monoisotopic (exact) mass is 273 g/mol. The first-order valence-corrected chi connectivity index (χ1v) is 6.24. The van der Waals surface area contributed by atoms with Crippen molar-refractivity contribution in [1.29, 1.82) is 0 Å². The Morgan fingerprint density at radius 2 is 1.80 bits per heavy atom. The summed E-state index contributed by atoms with van der Waals surface area (Å²) in [6.45, 7) is 1.88. The summed E-state index contributed by atoms with van der Waals surface area (Å²) in [7, 11) is 0. The molecule has 0 spiro atoms. The number of carboxylic acid groups (broad SMARTS) is 1. The van der Waals surface area contributed by atoms with E-state index in [1.807, 2.05) is 37.3 Å². The van der Waals surface area contributed by atoms with Crippen LogP contribution in [0.4, 0.5) is 0 Å². The van der Waals surface area contributed by atoms with Gasteiger partial charge in [-0.2, -0.15) is 0 Å². The summed E-state index contributed by atoms with van der Waals surface area (Å²) in [4.78, 5) is 22.6. The Hall–Kier alpha value is -2.56. The van der Waals surface area contributed by atoms with Gasteiger partial charge in [0.05, 0.1) is 0 Å². The zero-order chi connectivity index (χ0) is 14.5. The number of rotatable bonds is 5. The van der Waals surface area contributed by atoms with Crippen LogP contribution in [0.25, 0.3) is 0 Å². The predicted molar refractivity (Wildman–Crippen MR) is 72.7 cm³/mol. The largest absolute Gasteiger partial charge is 0.475 e. The minimum atomic E-state index is -1.19. The molecule has 0 radical (unpaired) electrons. The maximum absolute atomic E-state index is 11.9. The number of nitrogens with one attached hydrogen (secondary N) is 1. The van der Waals surface area contributed by atoms with Crippen LogP contribution in [0.3, 0.4) is 0 Å². The van der Waals surface area contributed by atoms with Gasteiger partial charge in [-0.3, -0.25) is 4.79 Å². The van der Waals surface area contributed by atoms with Gasteiger partial charge in [0.2, 0.25) is 5.76 Å². The second-order valence-electron chi connectivity index (χ2n) is 4.53. The van der Waals surface area contributed by atoms with Crippen molar-refractivity contribution in [1.82, 2.24) is 5.32 Å². The van der Waals surface area contributed by atoms with Crippen LogP contribution in [0.2, 0.25) is 0 Å². The summed E-state index contributed by atoms with van der Waals surface area (Å²) in [6.07, 6.45) is 0.694. The molecule has 0 aliphatic carbocycles. The summed E-state index contributed by atoms with van der Waals surface area (Å²) in [5, 5.41) is 11.5. The molecule has 5 nitrogen and oxygen atoms in total. The minimum Gasteiger partial charge on any atom is -0.475 e. The molecular formula is C15H15NO4. The number of aromatic carboxylic acids is 1. The highest BCUT2D eigenvalue weighted by atomic mass is 16.4. The van der Waals surface area contributed by atoms with Gasteiger partial charge in [-0.05, 0) is 31.0 Å². The summed E-state index contributed by atoms with van der Waals surface area (Å²) in [5.41, 5.74) is 1.12. The Bertz CT molecular complexity index is 603. The number of carboxylic acids is 1. The SMILES string of the molecule is CC(Cc1ccccc1)NC(=O)c1ccc(C(=O)O)o1. The third kappa shape index (κ3) is 3.47. The molecule has 20 heavy (non-hydrogen) atoms. The van der Waals surface area contributed by atoms with Gasteiger partial charge in [0, 0.05) is 6.04 Å². The van der Waals surface area contributed by atoms with Crippen molar-refractivity contribution in [3.05, 3.63) is 59.5 Å². The Kier molecular flexibility index (Phi) is 4.20. The molecular weight excluding hydrogens is 258 g/mol. The van der Waals surface area contributed by atoms with Crippen molar-refractivity contribution in [2.75, 3.05) is 0 Å². The predicted octanol–water partition coefficient (Wildman–Crippen LogP) is 2.34. The average Bonchev–Trinajstić information content (AvgIpc) is 2.89. The van der Waals surface area contributed by atoms with Crippen LogP contribution in [-0.4, -0.2) is 23.0 Å². The summed E-state index contributed by atoms with van der Waals surface area (Å²) >= 11 is 0. The molecule has 2 aromatic rings. The van der Waals surface area contributed by atoms with Gasteiger partial charge in [0.25, 0.3) is 5.91 Å². The van der Waals surface area contributed by atoms with Crippen LogP contribution in [0.1, 0.15) is 33.6 Å². The standard InChI is InChI=1S/C15H15NO4/c1-10(9-11-5-3-2-4-6-11)16-14(17)12-7-8-13(20-12)15(18)19/h2-8,10H,9H2,1H3,(H,16,17)(H,18,19). The molecule has 1 amide bonds. The molecule has 1 atom stereocenters. The van der Waals surface area contributed by atoms with Crippen molar-refractivity contribution in [2.45, 2.75) is 19.4 Å². The van der Waals surface area contributed by atoms with Crippen molar-refractivity contribution in [2.24, 2.45) is 0 Å². The molecule has 2 rings (SSSR count). The van der Waals surface area contributed by atoms with Gasteiger partial charge >= 0.3 is 5.97 Å². The number of furan rings is 1.